The molecule has 0 unspecified atom stereocenters. The zero-order chi connectivity index (χ0) is 13.1. The molecule has 5 heteroatoms. The van der Waals surface area contributed by atoms with E-state index < -0.39 is 0 Å². The van der Waals surface area contributed by atoms with E-state index in [2.05, 4.69) is 26.6 Å². The molecule has 0 aromatic carbocycles. The molecule has 1 aliphatic heterocycles. The van der Waals surface area contributed by atoms with E-state index in [1.54, 1.807) is 23.6 Å². The van der Waals surface area contributed by atoms with E-state index in [9.17, 15) is 5.11 Å². The fourth-order valence-corrected chi connectivity index (χ4v) is 3.22. The number of rotatable bonds is 3. The van der Waals surface area contributed by atoms with Crippen molar-refractivity contribution in [3.05, 3.63) is 34.8 Å². The fraction of sp³-hybridized carbons (Fsp3) is 0.357. The lowest BCUT2D eigenvalue weighted by molar-refractivity contribution is 0.235. The Bertz CT molecular complexity index is 549. The van der Waals surface area contributed by atoms with E-state index >= 15 is 0 Å². The van der Waals surface area contributed by atoms with Gasteiger partial charge in [0.1, 0.15) is 5.75 Å². The summed E-state index contributed by atoms with van der Waals surface area (Å²) in [6.07, 6.45) is 3.24. The maximum Gasteiger partial charge on any atom is 0.134 e. The van der Waals surface area contributed by atoms with Gasteiger partial charge in [0, 0.05) is 49.4 Å². The first-order chi connectivity index (χ1) is 9.31. The van der Waals surface area contributed by atoms with Crippen molar-refractivity contribution < 1.29 is 5.11 Å². The molecule has 0 atom stereocenters. The van der Waals surface area contributed by atoms with Crippen LogP contribution in [0.1, 0.15) is 4.88 Å². The monoisotopic (exact) mass is 275 g/mol. The summed E-state index contributed by atoms with van der Waals surface area (Å²) in [7, 11) is 0. The minimum Gasteiger partial charge on any atom is -0.506 e. The van der Waals surface area contributed by atoms with Crippen LogP contribution in [0.5, 0.6) is 5.75 Å². The number of pyridine rings is 1. The normalized spacial score (nSPS) is 16.6. The van der Waals surface area contributed by atoms with Crippen molar-refractivity contribution in [3.8, 4) is 16.9 Å². The highest BCUT2D eigenvalue weighted by Gasteiger charge is 2.11. The van der Waals surface area contributed by atoms with Crippen molar-refractivity contribution in [1.29, 1.82) is 0 Å². The predicted molar refractivity (Wildman–Crippen MR) is 77.4 cm³/mol. The Labute approximate surface area is 116 Å². The van der Waals surface area contributed by atoms with Gasteiger partial charge < -0.3 is 10.4 Å². The van der Waals surface area contributed by atoms with E-state index in [-0.39, 0.29) is 5.75 Å². The highest BCUT2D eigenvalue weighted by atomic mass is 32.1. The van der Waals surface area contributed by atoms with Crippen molar-refractivity contribution >= 4 is 11.3 Å². The Balaban J connectivity index is 1.72. The third kappa shape index (κ3) is 3.12. The Hall–Kier alpha value is -1.43. The van der Waals surface area contributed by atoms with Gasteiger partial charge in [0.15, 0.2) is 0 Å². The van der Waals surface area contributed by atoms with Crippen molar-refractivity contribution in [1.82, 2.24) is 15.2 Å². The average Bonchev–Trinajstić information content (AvgIpc) is 2.88. The van der Waals surface area contributed by atoms with Crippen LogP contribution in [0.4, 0.5) is 0 Å². The van der Waals surface area contributed by atoms with Gasteiger partial charge in [-0.05, 0) is 23.1 Å². The van der Waals surface area contributed by atoms with Gasteiger partial charge in [-0.1, -0.05) is 0 Å². The van der Waals surface area contributed by atoms with Crippen LogP contribution in [0.25, 0.3) is 11.1 Å². The second kappa shape index (κ2) is 5.69. The Morgan fingerprint density at radius 3 is 2.84 bits per heavy atom. The number of piperazine rings is 1. The maximum atomic E-state index is 9.47. The minimum absolute atomic E-state index is 0.215. The molecule has 19 heavy (non-hydrogen) atoms. The zero-order valence-electron chi connectivity index (χ0n) is 10.7. The number of aromatic hydroxyl groups is 1. The summed E-state index contributed by atoms with van der Waals surface area (Å²) in [6.45, 7) is 5.39. The summed E-state index contributed by atoms with van der Waals surface area (Å²) < 4.78 is 0. The Morgan fingerprint density at radius 1 is 1.21 bits per heavy atom. The second-order valence-corrected chi connectivity index (χ2v) is 5.76. The Morgan fingerprint density at radius 2 is 2.05 bits per heavy atom. The van der Waals surface area contributed by atoms with Crippen molar-refractivity contribution in [2.75, 3.05) is 26.2 Å². The van der Waals surface area contributed by atoms with Crippen LogP contribution >= 0.6 is 11.3 Å². The molecule has 3 heterocycles. The summed E-state index contributed by atoms with van der Waals surface area (Å²) in [5, 5.41) is 15.0. The van der Waals surface area contributed by atoms with Crippen LogP contribution in [-0.2, 0) is 6.54 Å². The summed E-state index contributed by atoms with van der Waals surface area (Å²) in [5.41, 5.74) is 2.11. The number of thiophene rings is 1. The van der Waals surface area contributed by atoms with E-state index in [0.29, 0.717) is 0 Å². The molecule has 1 saturated heterocycles. The van der Waals surface area contributed by atoms with Crippen molar-refractivity contribution in [2.45, 2.75) is 6.54 Å². The topological polar surface area (TPSA) is 48.4 Å². The van der Waals surface area contributed by atoms with Crippen LogP contribution < -0.4 is 5.32 Å². The molecule has 0 bridgehead atoms. The molecule has 1 fully saturated rings. The number of hydrogen-bond donors (Lipinski definition) is 2. The Kier molecular flexibility index (Phi) is 3.77. The van der Waals surface area contributed by atoms with Gasteiger partial charge >= 0.3 is 0 Å². The van der Waals surface area contributed by atoms with Crippen LogP contribution in [-0.4, -0.2) is 41.2 Å². The third-order valence-electron chi connectivity index (χ3n) is 3.30. The van der Waals surface area contributed by atoms with Gasteiger partial charge in [-0.15, -0.1) is 11.3 Å². The van der Waals surface area contributed by atoms with Gasteiger partial charge in [-0.2, -0.15) is 0 Å². The first-order valence-corrected chi connectivity index (χ1v) is 7.34. The fourth-order valence-electron chi connectivity index (χ4n) is 2.29. The minimum atomic E-state index is 0.215. The molecule has 2 N–H and O–H groups in total. The standard InChI is InChI=1S/C14H17N3OS/c18-13-5-11(7-16-8-13)12-6-14(19-10-12)9-17-3-1-15-2-4-17/h5-8,10,15,18H,1-4,9H2. The summed E-state index contributed by atoms with van der Waals surface area (Å²) in [4.78, 5) is 7.85. The van der Waals surface area contributed by atoms with Gasteiger partial charge in [0.05, 0.1) is 6.20 Å². The van der Waals surface area contributed by atoms with E-state index in [0.717, 1.165) is 43.9 Å². The molecule has 2 aromatic rings. The highest BCUT2D eigenvalue weighted by Crippen LogP contribution is 2.27. The van der Waals surface area contributed by atoms with Gasteiger partial charge in [0.2, 0.25) is 0 Å². The number of nitrogens with one attached hydrogen (secondary N) is 1. The average molecular weight is 275 g/mol. The molecule has 0 spiro atoms. The van der Waals surface area contributed by atoms with Gasteiger partial charge in [0.25, 0.3) is 0 Å². The van der Waals surface area contributed by atoms with Crippen molar-refractivity contribution in [2.24, 2.45) is 0 Å². The molecule has 0 amide bonds. The number of hydrogen-bond acceptors (Lipinski definition) is 5. The molecule has 0 saturated carbocycles. The lowest BCUT2D eigenvalue weighted by atomic mass is 10.1. The van der Waals surface area contributed by atoms with Gasteiger partial charge in [-0.25, -0.2) is 0 Å². The van der Waals surface area contributed by atoms with Crippen molar-refractivity contribution in [3.63, 3.8) is 0 Å². The highest BCUT2D eigenvalue weighted by molar-refractivity contribution is 7.10. The van der Waals surface area contributed by atoms with Crippen LogP contribution in [0, 0.1) is 0 Å². The molecule has 0 aliphatic carbocycles. The molecular weight excluding hydrogens is 258 g/mol. The second-order valence-electron chi connectivity index (χ2n) is 4.76. The summed E-state index contributed by atoms with van der Waals surface area (Å²) in [5.74, 6) is 0.215. The quantitative estimate of drug-likeness (QED) is 0.898. The molecule has 4 nitrogen and oxygen atoms in total. The maximum absolute atomic E-state index is 9.47. The lowest BCUT2D eigenvalue weighted by Gasteiger charge is -2.26. The first-order valence-electron chi connectivity index (χ1n) is 6.46. The van der Waals surface area contributed by atoms with E-state index in [4.69, 9.17) is 0 Å². The van der Waals surface area contributed by atoms with Gasteiger partial charge in [-0.3, -0.25) is 9.88 Å². The molecule has 3 rings (SSSR count). The first kappa shape index (κ1) is 12.6. The molecule has 2 aromatic heterocycles. The summed E-state index contributed by atoms with van der Waals surface area (Å²) >= 11 is 1.77. The molecule has 1 aliphatic rings. The smallest absolute Gasteiger partial charge is 0.134 e. The SMILES string of the molecule is Oc1cncc(-c2csc(CN3CCNCC3)c2)c1. The van der Waals surface area contributed by atoms with Crippen LogP contribution in [0.3, 0.4) is 0 Å². The summed E-state index contributed by atoms with van der Waals surface area (Å²) in [6, 6.07) is 3.95. The van der Waals surface area contributed by atoms with Crippen LogP contribution in [0.2, 0.25) is 0 Å². The van der Waals surface area contributed by atoms with Crippen LogP contribution in [0.15, 0.2) is 29.9 Å². The number of aromatic nitrogens is 1. The molecule has 0 radical (unpaired) electrons. The predicted octanol–water partition coefficient (Wildman–Crippen LogP) is 1.92. The van der Waals surface area contributed by atoms with E-state index in [1.165, 1.54) is 11.1 Å². The third-order valence-corrected chi connectivity index (χ3v) is 4.22. The molecular formula is C14H17N3OS. The lowest BCUT2D eigenvalue weighted by Crippen LogP contribution is -2.42. The number of nitrogens with zero attached hydrogens (tertiary/aromatic N) is 2. The molecule has 100 valence electrons. The van der Waals surface area contributed by atoms with E-state index in [1.807, 2.05) is 0 Å². The zero-order valence-corrected chi connectivity index (χ0v) is 11.5. The largest absolute Gasteiger partial charge is 0.506 e.